The molecule has 0 amide bonds. The molecule has 0 heterocycles. The number of rotatable bonds is 5. The molecule has 0 fully saturated rings. The lowest BCUT2D eigenvalue weighted by Gasteiger charge is -2.09. The molecule has 1 N–H and O–H groups in total. The number of nitrogens with zero attached hydrogens (tertiary/aromatic N) is 1. The normalized spacial score (nSPS) is 12.3. The Bertz CT molecular complexity index is 948. The van der Waals surface area contributed by atoms with Crippen LogP contribution in [0.4, 0.5) is 18.9 Å². The summed E-state index contributed by atoms with van der Waals surface area (Å²) in [5.41, 5.74) is 0.492. The van der Waals surface area contributed by atoms with Crippen LogP contribution in [0.2, 0.25) is 5.02 Å². The summed E-state index contributed by atoms with van der Waals surface area (Å²) in [5.74, 6) is -0.571. The summed E-state index contributed by atoms with van der Waals surface area (Å²) in [6.45, 7) is 0. The highest BCUT2D eigenvalue weighted by Gasteiger charge is 2.31. The standard InChI is InChI=1S/C16H10ClF3N2O3S/c17-11-1-3-12(4-2-11)22-10-15(9-21)26(23,24)14-7-5-13(6-8-14)25-16(18,19)20/h1-8,10,22H/b15-10-. The van der Waals surface area contributed by atoms with Crippen molar-refractivity contribution in [2.45, 2.75) is 11.3 Å². The molecule has 0 spiro atoms. The predicted molar refractivity (Wildman–Crippen MR) is 89.1 cm³/mol. The Labute approximate surface area is 152 Å². The third-order valence-electron chi connectivity index (χ3n) is 2.98. The highest BCUT2D eigenvalue weighted by atomic mass is 35.5. The first kappa shape index (κ1) is 19.6. The van der Waals surface area contributed by atoms with Gasteiger partial charge < -0.3 is 10.1 Å². The minimum Gasteiger partial charge on any atom is -0.406 e. The molecule has 26 heavy (non-hydrogen) atoms. The van der Waals surface area contributed by atoms with Crippen LogP contribution < -0.4 is 10.1 Å². The summed E-state index contributed by atoms with van der Waals surface area (Å²) in [5, 5.41) is 12.2. The zero-order valence-electron chi connectivity index (χ0n) is 12.8. The summed E-state index contributed by atoms with van der Waals surface area (Å²) in [6.07, 6.45) is -3.90. The third kappa shape index (κ3) is 5.15. The van der Waals surface area contributed by atoms with Crippen LogP contribution in [0, 0.1) is 11.3 Å². The van der Waals surface area contributed by atoms with Gasteiger partial charge in [0.25, 0.3) is 0 Å². The van der Waals surface area contributed by atoms with Gasteiger partial charge in [0.15, 0.2) is 4.91 Å². The van der Waals surface area contributed by atoms with E-state index in [-0.39, 0.29) is 4.90 Å². The van der Waals surface area contributed by atoms with Gasteiger partial charge in [-0.05, 0) is 48.5 Å². The molecule has 0 bridgehead atoms. The Morgan fingerprint density at radius 2 is 1.69 bits per heavy atom. The Morgan fingerprint density at radius 1 is 1.12 bits per heavy atom. The lowest BCUT2D eigenvalue weighted by Crippen LogP contribution is -2.17. The van der Waals surface area contributed by atoms with Crippen molar-refractivity contribution in [1.82, 2.24) is 0 Å². The van der Waals surface area contributed by atoms with Crippen molar-refractivity contribution in [2.75, 3.05) is 5.32 Å². The van der Waals surface area contributed by atoms with E-state index in [1.54, 1.807) is 30.3 Å². The van der Waals surface area contributed by atoms with Crippen LogP contribution in [-0.4, -0.2) is 14.8 Å². The maximum Gasteiger partial charge on any atom is 0.573 e. The van der Waals surface area contributed by atoms with Crippen molar-refractivity contribution in [3.63, 3.8) is 0 Å². The van der Waals surface area contributed by atoms with Crippen molar-refractivity contribution in [3.05, 3.63) is 64.7 Å². The first-order valence-corrected chi connectivity index (χ1v) is 8.71. The smallest absolute Gasteiger partial charge is 0.406 e. The number of sulfone groups is 1. The Kier molecular flexibility index (Phi) is 5.79. The van der Waals surface area contributed by atoms with Crippen molar-refractivity contribution < 1.29 is 26.3 Å². The van der Waals surface area contributed by atoms with E-state index in [2.05, 4.69) is 10.1 Å². The second-order valence-electron chi connectivity index (χ2n) is 4.79. The summed E-state index contributed by atoms with van der Waals surface area (Å²) < 4.78 is 64.9. The van der Waals surface area contributed by atoms with Crippen LogP contribution in [0.5, 0.6) is 5.75 Å². The SMILES string of the molecule is N#C/C(=C/Nc1ccc(Cl)cc1)S(=O)(=O)c1ccc(OC(F)(F)F)cc1. The van der Waals surface area contributed by atoms with Crippen LogP contribution in [-0.2, 0) is 9.84 Å². The van der Waals surface area contributed by atoms with Crippen LogP contribution in [0.3, 0.4) is 0 Å². The van der Waals surface area contributed by atoms with Crippen molar-refractivity contribution >= 4 is 27.1 Å². The lowest BCUT2D eigenvalue weighted by molar-refractivity contribution is -0.274. The van der Waals surface area contributed by atoms with Gasteiger partial charge in [0.2, 0.25) is 9.84 Å². The minimum atomic E-state index is -4.89. The number of ether oxygens (including phenoxy) is 1. The molecule has 10 heteroatoms. The molecule has 0 saturated heterocycles. The third-order valence-corrected chi connectivity index (χ3v) is 4.91. The number of nitrogens with one attached hydrogen (secondary N) is 1. The highest BCUT2D eigenvalue weighted by Crippen LogP contribution is 2.26. The fourth-order valence-electron chi connectivity index (χ4n) is 1.81. The van der Waals surface area contributed by atoms with Gasteiger partial charge in [0.1, 0.15) is 11.8 Å². The molecule has 0 saturated carbocycles. The molecule has 0 aromatic heterocycles. The number of nitriles is 1. The monoisotopic (exact) mass is 402 g/mol. The largest absolute Gasteiger partial charge is 0.573 e. The van der Waals surface area contributed by atoms with Gasteiger partial charge in [0, 0.05) is 16.9 Å². The van der Waals surface area contributed by atoms with E-state index in [9.17, 15) is 21.6 Å². The molecule has 2 aromatic carbocycles. The van der Waals surface area contributed by atoms with E-state index < -0.39 is 26.9 Å². The minimum absolute atomic E-state index is 0.349. The van der Waals surface area contributed by atoms with Crippen molar-refractivity contribution in [3.8, 4) is 11.8 Å². The van der Waals surface area contributed by atoms with Gasteiger partial charge in [-0.3, -0.25) is 0 Å². The molecule has 2 aromatic rings. The highest BCUT2D eigenvalue weighted by molar-refractivity contribution is 7.95. The number of halogens is 4. The molecule has 0 radical (unpaired) electrons. The number of anilines is 1. The Morgan fingerprint density at radius 3 is 2.19 bits per heavy atom. The van der Waals surface area contributed by atoms with Crippen LogP contribution in [0.25, 0.3) is 0 Å². The zero-order valence-corrected chi connectivity index (χ0v) is 14.4. The fraction of sp³-hybridized carbons (Fsp3) is 0.0625. The molecular formula is C16H10ClF3N2O3S. The number of hydrogen-bond acceptors (Lipinski definition) is 5. The fourth-order valence-corrected chi connectivity index (χ4v) is 3.02. The van der Waals surface area contributed by atoms with Gasteiger partial charge in [-0.25, -0.2) is 8.42 Å². The lowest BCUT2D eigenvalue weighted by atomic mass is 10.3. The van der Waals surface area contributed by atoms with Gasteiger partial charge in [-0.15, -0.1) is 13.2 Å². The molecule has 2 rings (SSSR count). The maximum atomic E-state index is 12.4. The van der Waals surface area contributed by atoms with E-state index >= 15 is 0 Å². The van der Waals surface area contributed by atoms with Crippen LogP contribution in [0.15, 0.2) is 64.5 Å². The zero-order chi connectivity index (χ0) is 19.4. The Balaban J connectivity index is 2.24. The summed E-state index contributed by atoms with van der Waals surface area (Å²) in [4.78, 5) is -0.963. The van der Waals surface area contributed by atoms with E-state index in [1.807, 2.05) is 0 Å². The number of hydrogen-bond donors (Lipinski definition) is 1. The van der Waals surface area contributed by atoms with Gasteiger partial charge >= 0.3 is 6.36 Å². The summed E-state index contributed by atoms with van der Waals surface area (Å²) >= 11 is 5.74. The Hall–Kier alpha value is -2.70. The molecule has 0 aliphatic carbocycles. The van der Waals surface area contributed by atoms with Crippen molar-refractivity contribution in [1.29, 1.82) is 5.26 Å². The van der Waals surface area contributed by atoms with Gasteiger partial charge in [-0.1, -0.05) is 11.6 Å². The number of benzene rings is 2. The topological polar surface area (TPSA) is 79.2 Å². The summed E-state index contributed by atoms with van der Waals surface area (Å²) in [7, 11) is -4.22. The van der Waals surface area contributed by atoms with Gasteiger partial charge in [-0.2, -0.15) is 5.26 Å². The van der Waals surface area contributed by atoms with E-state index in [0.717, 1.165) is 30.5 Å². The second kappa shape index (κ2) is 7.68. The van der Waals surface area contributed by atoms with E-state index in [1.165, 1.54) is 0 Å². The second-order valence-corrected chi connectivity index (χ2v) is 7.15. The van der Waals surface area contributed by atoms with Crippen LogP contribution in [0.1, 0.15) is 0 Å². The molecule has 0 unspecified atom stereocenters. The molecule has 0 atom stereocenters. The number of allylic oxidation sites excluding steroid dienone is 1. The van der Waals surface area contributed by atoms with Gasteiger partial charge in [0.05, 0.1) is 4.90 Å². The first-order chi connectivity index (χ1) is 12.1. The maximum absolute atomic E-state index is 12.4. The average molecular weight is 403 g/mol. The molecule has 136 valence electrons. The molecule has 5 nitrogen and oxygen atoms in total. The van der Waals surface area contributed by atoms with E-state index in [0.29, 0.717) is 10.7 Å². The van der Waals surface area contributed by atoms with E-state index in [4.69, 9.17) is 16.9 Å². The summed E-state index contributed by atoms with van der Waals surface area (Å²) in [6, 6.07) is 11.4. The predicted octanol–water partition coefficient (Wildman–Crippen LogP) is 4.49. The quantitative estimate of drug-likeness (QED) is 0.745. The van der Waals surface area contributed by atoms with Crippen LogP contribution >= 0.6 is 11.6 Å². The molecule has 0 aliphatic heterocycles. The number of alkyl halides is 3. The van der Waals surface area contributed by atoms with Crippen molar-refractivity contribution in [2.24, 2.45) is 0 Å². The first-order valence-electron chi connectivity index (χ1n) is 6.85. The molecular weight excluding hydrogens is 393 g/mol. The molecule has 0 aliphatic rings. The average Bonchev–Trinajstić information content (AvgIpc) is 2.56.